The van der Waals surface area contributed by atoms with Gasteiger partial charge in [-0.05, 0) is 93.1 Å². The molecule has 1 fully saturated rings. The second-order valence-electron chi connectivity index (χ2n) is 8.33. The molecule has 1 atom stereocenters. The third kappa shape index (κ3) is 5.09. The first-order chi connectivity index (χ1) is 12.3. The van der Waals surface area contributed by atoms with Crippen molar-refractivity contribution in [1.29, 1.82) is 0 Å². The van der Waals surface area contributed by atoms with Crippen LogP contribution in [-0.2, 0) is 6.42 Å². The zero-order chi connectivity index (χ0) is 17.5. The van der Waals surface area contributed by atoms with Crippen molar-refractivity contribution in [2.75, 3.05) is 0 Å². The summed E-state index contributed by atoms with van der Waals surface area (Å²) in [6, 6.07) is 9.54. The first-order valence-electron chi connectivity index (χ1n) is 10.7. The zero-order valence-electron chi connectivity index (χ0n) is 16.2. The predicted octanol–water partition coefficient (Wildman–Crippen LogP) is 7.61. The number of benzene rings is 1. The van der Waals surface area contributed by atoms with Gasteiger partial charge < -0.3 is 0 Å². The molecule has 0 saturated heterocycles. The molecule has 0 bridgehead atoms. The molecule has 1 aromatic rings. The van der Waals surface area contributed by atoms with Gasteiger partial charge in [0.1, 0.15) is 0 Å². The molecule has 0 heterocycles. The fourth-order valence-electron chi connectivity index (χ4n) is 5.02. The second kappa shape index (κ2) is 9.41. The van der Waals surface area contributed by atoms with E-state index in [0.717, 1.165) is 24.2 Å². The Bertz CT molecular complexity index is 554. The summed E-state index contributed by atoms with van der Waals surface area (Å²) in [7, 11) is 0. The summed E-state index contributed by atoms with van der Waals surface area (Å²) < 4.78 is 0. The Kier molecular flexibility index (Phi) is 6.96. The van der Waals surface area contributed by atoms with Crippen molar-refractivity contribution in [1.82, 2.24) is 0 Å². The summed E-state index contributed by atoms with van der Waals surface area (Å²) in [5.74, 6) is 2.75. The monoisotopic (exact) mass is 336 g/mol. The largest absolute Gasteiger partial charge is 0.103 e. The maximum absolute atomic E-state index is 3.85. The van der Waals surface area contributed by atoms with Crippen LogP contribution in [0.25, 0.3) is 0 Å². The van der Waals surface area contributed by atoms with Crippen LogP contribution in [0.5, 0.6) is 0 Å². The highest BCUT2D eigenvalue weighted by Gasteiger charge is 2.29. The maximum Gasteiger partial charge on any atom is -0.0162 e. The molecular formula is C25H36. The molecule has 0 heteroatoms. The quantitative estimate of drug-likeness (QED) is 0.449. The molecule has 2 aliphatic rings. The Hall–Kier alpha value is -1.30. The Labute approximate surface area is 155 Å². The Balaban J connectivity index is 1.47. The molecule has 136 valence electrons. The summed E-state index contributed by atoms with van der Waals surface area (Å²) in [6.07, 6.45) is 19.3. The van der Waals surface area contributed by atoms with Crippen molar-refractivity contribution in [3.63, 3.8) is 0 Å². The van der Waals surface area contributed by atoms with Crippen LogP contribution in [0.1, 0.15) is 88.2 Å². The van der Waals surface area contributed by atoms with Crippen LogP contribution in [0.4, 0.5) is 0 Å². The van der Waals surface area contributed by atoms with Crippen LogP contribution in [0, 0.1) is 11.8 Å². The van der Waals surface area contributed by atoms with Crippen LogP contribution in [0.2, 0.25) is 0 Å². The molecule has 0 amide bonds. The molecule has 0 N–H and O–H groups in total. The van der Waals surface area contributed by atoms with Crippen LogP contribution in [-0.4, -0.2) is 0 Å². The summed E-state index contributed by atoms with van der Waals surface area (Å²) >= 11 is 0. The normalized spacial score (nSPS) is 26.9. The Morgan fingerprint density at radius 3 is 2.32 bits per heavy atom. The fourth-order valence-corrected chi connectivity index (χ4v) is 5.02. The minimum absolute atomic E-state index is 0.814. The molecule has 1 unspecified atom stereocenters. The van der Waals surface area contributed by atoms with Gasteiger partial charge in [0, 0.05) is 0 Å². The van der Waals surface area contributed by atoms with E-state index in [9.17, 15) is 0 Å². The van der Waals surface area contributed by atoms with Crippen LogP contribution in [0.3, 0.4) is 0 Å². The van der Waals surface area contributed by atoms with Gasteiger partial charge in [-0.25, -0.2) is 0 Å². The van der Waals surface area contributed by atoms with Gasteiger partial charge in [-0.1, -0.05) is 55.3 Å². The molecule has 0 spiro atoms. The number of allylic oxidation sites excluding steroid dienone is 3. The summed E-state index contributed by atoms with van der Waals surface area (Å²) in [5.41, 5.74) is 4.78. The lowest BCUT2D eigenvalue weighted by molar-refractivity contribution is 0.217. The third-order valence-electron chi connectivity index (χ3n) is 6.64. The van der Waals surface area contributed by atoms with Crippen molar-refractivity contribution in [2.45, 2.75) is 83.5 Å². The van der Waals surface area contributed by atoms with Gasteiger partial charge in [0.2, 0.25) is 0 Å². The molecule has 25 heavy (non-hydrogen) atoms. The molecule has 0 aliphatic heterocycles. The van der Waals surface area contributed by atoms with Gasteiger partial charge in [0.15, 0.2) is 0 Å². The lowest BCUT2D eigenvalue weighted by Crippen LogP contribution is -2.22. The first-order valence-corrected chi connectivity index (χ1v) is 10.7. The molecule has 1 aromatic carbocycles. The van der Waals surface area contributed by atoms with Crippen molar-refractivity contribution < 1.29 is 0 Å². The number of hydrogen-bond acceptors (Lipinski definition) is 0. The van der Waals surface area contributed by atoms with Crippen molar-refractivity contribution in [3.05, 3.63) is 59.7 Å². The third-order valence-corrected chi connectivity index (χ3v) is 6.64. The number of hydrogen-bond donors (Lipinski definition) is 0. The second-order valence-corrected chi connectivity index (χ2v) is 8.33. The standard InChI is InChI=1S/C25H36/c1-3-5-7-21-10-14-23(15-11-21)25-18-16-24(17-19-25)22-12-8-20(6-4-2)9-13-22/h3,8-10,12-13,23-25H,1,4-7,11,14-19H2,2H3. The van der Waals surface area contributed by atoms with Crippen LogP contribution < -0.4 is 0 Å². The average Bonchev–Trinajstić information content (AvgIpc) is 2.68. The van der Waals surface area contributed by atoms with E-state index in [1.54, 1.807) is 11.1 Å². The molecular weight excluding hydrogens is 300 g/mol. The summed E-state index contributed by atoms with van der Waals surface area (Å²) in [6.45, 7) is 6.11. The smallest absolute Gasteiger partial charge is 0.0162 e. The predicted molar refractivity (Wildman–Crippen MR) is 110 cm³/mol. The highest BCUT2D eigenvalue weighted by molar-refractivity contribution is 5.26. The van der Waals surface area contributed by atoms with Crippen LogP contribution >= 0.6 is 0 Å². The minimum atomic E-state index is 0.814. The van der Waals surface area contributed by atoms with Gasteiger partial charge in [-0.15, -0.1) is 6.58 Å². The molecule has 3 rings (SSSR count). The van der Waals surface area contributed by atoms with Crippen molar-refractivity contribution in [2.24, 2.45) is 11.8 Å². The van der Waals surface area contributed by atoms with Gasteiger partial charge in [0.25, 0.3) is 0 Å². The van der Waals surface area contributed by atoms with Gasteiger partial charge in [0.05, 0.1) is 0 Å². The van der Waals surface area contributed by atoms with E-state index < -0.39 is 0 Å². The molecule has 0 radical (unpaired) electrons. The highest BCUT2D eigenvalue weighted by Crippen LogP contribution is 2.43. The Morgan fingerprint density at radius 2 is 1.72 bits per heavy atom. The highest BCUT2D eigenvalue weighted by atomic mass is 14.3. The number of rotatable bonds is 7. The lowest BCUT2D eigenvalue weighted by atomic mass is 9.70. The molecule has 1 saturated carbocycles. The molecule has 0 aromatic heterocycles. The van der Waals surface area contributed by atoms with E-state index >= 15 is 0 Å². The summed E-state index contributed by atoms with van der Waals surface area (Å²) in [5, 5.41) is 0. The number of aryl methyl sites for hydroxylation is 1. The maximum atomic E-state index is 3.85. The van der Waals surface area contributed by atoms with E-state index in [1.807, 2.05) is 0 Å². The van der Waals surface area contributed by atoms with E-state index in [1.165, 1.54) is 69.8 Å². The lowest BCUT2D eigenvalue weighted by Gasteiger charge is -2.35. The van der Waals surface area contributed by atoms with E-state index in [2.05, 4.69) is 49.9 Å². The SMILES string of the molecule is C=CCCC1=CCC(C2CCC(c3ccc(CCC)cc3)CC2)CC1. The minimum Gasteiger partial charge on any atom is -0.103 e. The fraction of sp³-hybridized carbons (Fsp3) is 0.600. The van der Waals surface area contributed by atoms with E-state index in [-0.39, 0.29) is 0 Å². The first kappa shape index (κ1) is 18.5. The van der Waals surface area contributed by atoms with E-state index in [0.29, 0.717) is 0 Å². The van der Waals surface area contributed by atoms with Gasteiger partial charge >= 0.3 is 0 Å². The Morgan fingerprint density at radius 1 is 0.960 bits per heavy atom. The average molecular weight is 337 g/mol. The van der Waals surface area contributed by atoms with E-state index in [4.69, 9.17) is 0 Å². The zero-order valence-corrected chi connectivity index (χ0v) is 16.2. The molecule has 2 aliphatic carbocycles. The van der Waals surface area contributed by atoms with Gasteiger partial charge in [-0.3, -0.25) is 0 Å². The van der Waals surface area contributed by atoms with Gasteiger partial charge in [-0.2, -0.15) is 0 Å². The van der Waals surface area contributed by atoms with Crippen LogP contribution in [0.15, 0.2) is 48.6 Å². The summed E-state index contributed by atoms with van der Waals surface area (Å²) in [4.78, 5) is 0. The van der Waals surface area contributed by atoms with Crippen molar-refractivity contribution in [3.8, 4) is 0 Å². The topological polar surface area (TPSA) is 0 Å². The molecule has 0 nitrogen and oxygen atoms in total. The van der Waals surface area contributed by atoms with Crippen molar-refractivity contribution >= 4 is 0 Å².